The number of carbonyl (C=O) groups excluding carboxylic acids is 1. The number of nitrogens with zero attached hydrogens (tertiary/aromatic N) is 2. The molecule has 0 radical (unpaired) electrons. The molecule has 2 aromatic heterocycles. The van der Waals surface area contributed by atoms with Gasteiger partial charge < -0.3 is 9.73 Å². The van der Waals surface area contributed by atoms with E-state index in [9.17, 15) is 13.2 Å². The van der Waals surface area contributed by atoms with Crippen LogP contribution in [-0.4, -0.2) is 42.5 Å². The van der Waals surface area contributed by atoms with Gasteiger partial charge in [0.2, 0.25) is 15.9 Å². The summed E-state index contributed by atoms with van der Waals surface area (Å²) in [5, 5.41) is 4.53. The number of nitrogens with one attached hydrogen (secondary N) is 1. The number of benzene rings is 1. The standard InChI is InChI=1S/C24H29N3O4S2/c1-17(22-14-18-8-6-7-11-21(18)31-22)26-23(28)16-32-24-13-12-20(15-25-24)33(29,30)27(2)19-9-4-3-5-10-19/h6-8,11-15,17,19H,3-5,9-10,16H2,1-2H3,(H,26,28)/t17-/m1/s1. The molecule has 3 aromatic rings. The van der Waals surface area contributed by atoms with Gasteiger partial charge in [-0.1, -0.05) is 49.2 Å². The van der Waals surface area contributed by atoms with Crippen LogP contribution in [0.2, 0.25) is 0 Å². The van der Waals surface area contributed by atoms with Gasteiger partial charge in [0.1, 0.15) is 16.2 Å². The van der Waals surface area contributed by atoms with Crippen LogP contribution in [0.1, 0.15) is 50.8 Å². The van der Waals surface area contributed by atoms with E-state index in [1.807, 2.05) is 37.3 Å². The van der Waals surface area contributed by atoms with Crippen molar-refractivity contribution in [1.29, 1.82) is 0 Å². The molecule has 2 heterocycles. The van der Waals surface area contributed by atoms with E-state index in [1.54, 1.807) is 19.2 Å². The van der Waals surface area contributed by atoms with E-state index in [0.717, 1.165) is 36.7 Å². The molecule has 0 unspecified atom stereocenters. The average Bonchev–Trinajstić information content (AvgIpc) is 3.28. The highest BCUT2D eigenvalue weighted by Crippen LogP contribution is 2.27. The third-order valence-electron chi connectivity index (χ3n) is 6.08. The molecular formula is C24H29N3O4S2. The molecule has 0 spiro atoms. The molecule has 1 aliphatic carbocycles. The van der Waals surface area contributed by atoms with Crippen molar-refractivity contribution in [2.24, 2.45) is 0 Å². The summed E-state index contributed by atoms with van der Waals surface area (Å²) in [6, 6.07) is 12.7. The van der Waals surface area contributed by atoms with E-state index < -0.39 is 10.0 Å². The molecule has 1 saturated carbocycles. The van der Waals surface area contributed by atoms with Crippen LogP contribution in [0.4, 0.5) is 0 Å². The number of carbonyl (C=O) groups is 1. The van der Waals surface area contributed by atoms with E-state index in [0.29, 0.717) is 10.8 Å². The number of thioether (sulfide) groups is 1. The molecule has 9 heteroatoms. The largest absolute Gasteiger partial charge is 0.459 e. The summed E-state index contributed by atoms with van der Waals surface area (Å²) in [7, 11) is -1.92. The van der Waals surface area contributed by atoms with Gasteiger partial charge in [-0.2, -0.15) is 4.31 Å². The highest BCUT2D eigenvalue weighted by atomic mass is 32.2. The highest BCUT2D eigenvalue weighted by molar-refractivity contribution is 7.99. The van der Waals surface area contributed by atoms with Crippen LogP contribution in [0.25, 0.3) is 11.0 Å². The number of para-hydroxylation sites is 1. The lowest BCUT2D eigenvalue weighted by molar-refractivity contribution is -0.119. The summed E-state index contributed by atoms with van der Waals surface area (Å²) < 4.78 is 33.2. The summed E-state index contributed by atoms with van der Waals surface area (Å²) in [6.45, 7) is 1.88. The molecule has 7 nitrogen and oxygen atoms in total. The fourth-order valence-corrected chi connectivity index (χ4v) is 6.14. The summed E-state index contributed by atoms with van der Waals surface area (Å²) in [5.41, 5.74) is 0.788. The molecule has 4 rings (SSSR count). The van der Waals surface area contributed by atoms with E-state index >= 15 is 0 Å². The lowest BCUT2D eigenvalue weighted by Gasteiger charge is -2.30. The van der Waals surface area contributed by atoms with Crippen molar-refractivity contribution in [3.63, 3.8) is 0 Å². The minimum Gasteiger partial charge on any atom is -0.459 e. The van der Waals surface area contributed by atoms with Crippen LogP contribution in [0, 0.1) is 0 Å². The highest BCUT2D eigenvalue weighted by Gasteiger charge is 2.29. The minimum absolute atomic E-state index is 0.0511. The van der Waals surface area contributed by atoms with Crippen LogP contribution in [0.15, 0.2) is 63.0 Å². The Bertz CT molecular complexity index is 1170. The number of amides is 1. The number of furan rings is 1. The molecule has 1 aromatic carbocycles. The zero-order valence-corrected chi connectivity index (χ0v) is 20.5. The summed E-state index contributed by atoms with van der Waals surface area (Å²) in [6.07, 6.45) is 6.48. The normalized spacial score (nSPS) is 16.2. The number of pyridine rings is 1. The molecule has 33 heavy (non-hydrogen) atoms. The van der Waals surface area contributed by atoms with Crippen LogP contribution >= 0.6 is 11.8 Å². The van der Waals surface area contributed by atoms with E-state index in [2.05, 4.69) is 10.3 Å². The molecule has 1 atom stereocenters. The maximum Gasteiger partial charge on any atom is 0.244 e. The van der Waals surface area contributed by atoms with Crippen LogP contribution in [0.3, 0.4) is 0 Å². The molecule has 1 aliphatic rings. The van der Waals surface area contributed by atoms with E-state index in [4.69, 9.17) is 4.42 Å². The van der Waals surface area contributed by atoms with Crippen molar-refractivity contribution >= 4 is 38.7 Å². The second kappa shape index (κ2) is 10.3. The maximum absolute atomic E-state index is 12.9. The van der Waals surface area contributed by atoms with Gasteiger partial charge in [0.25, 0.3) is 0 Å². The van der Waals surface area contributed by atoms with Crippen molar-refractivity contribution in [1.82, 2.24) is 14.6 Å². The van der Waals surface area contributed by atoms with Crippen molar-refractivity contribution in [3.05, 3.63) is 54.4 Å². The molecular weight excluding hydrogens is 458 g/mol. The Morgan fingerprint density at radius 3 is 2.67 bits per heavy atom. The predicted molar refractivity (Wildman–Crippen MR) is 130 cm³/mol. The fraction of sp³-hybridized carbons (Fsp3) is 0.417. The number of hydrogen-bond acceptors (Lipinski definition) is 6. The molecule has 1 amide bonds. The van der Waals surface area contributed by atoms with Crippen molar-refractivity contribution in [2.75, 3.05) is 12.8 Å². The number of aromatic nitrogens is 1. The van der Waals surface area contributed by atoms with Crippen molar-refractivity contribution in [3.8, 4) is 0 Å². The maximum atomic E-state index is 12.9. The first-order chi connectivity index (χ1) is 15.8. The summed E-state index contributed by atoms with van der Waals surface area (Å²) in [4.78, 5) is 16.9. The molecule has 0 bridgehead atoms. The molecule has 176 valence electrons. The number of hydrogen-bond donors (Lipinski definition) is 1. The Labute approximate surface area is 199 Å². The Hall–Kier alpha value is -2.36. The van der Waals surface area contributed by atoms with Gasteiger partial charge in [-0.3, -0.25) is 4.79 Å². The fourth-order valence-electron chi connectivity index (χ4n) is 4.12. The minimum atomic E-state index is -3.57. The summed E-state index contributed by atoms with van der Waals surface area (Å²) >= 11 is 1.26. The van der Waals surface area contributed by atoms with Crippen molar-refractivity contribution in [2.45, 2.75) is 61.0 Å². The van der Waals surface area contributed by atoms with Gasteiger partial charge in [-0.15, -0.1) is 0 Å². The third kappa shape index (κ3) is 5.59. The zero-order valence-electron chi connectivity index (χ0n) is 18.9. The quantitative estimate of drug-likeness (QED) is 0.461. The Morgan fingerprint density at radius 1 is 1.21 bits per heavy atom. The monoisotopic (exact) mass is 487 g/mol. The first kappa shape index (κ1) is 23.8. The molecule has 0 aliphatic heterocycles. The second-order valence-electron chi connectivity index (χ2n) is 8.41. The van der Waals surface area contributed by atoms with Gasteiger partial charge in [-0.25, -0.2) is 13.4 Å². The van der Waals surface area contributed by atoms with Crippen molar-refractivity contribution < 1.29 is 17.6 Å². The third-order valence-corrected chi connectivity index (χ3v) is 8.91. The van der Waals surface area contributed by atoms with Gasteiger partial charge in [0.05, 0.1) is 16.8 Å². The predicted octanol–water partition coefficient (Wildman–Crippen LogP) is 4.75. The van der Waals surface area contributed by atoms with Crippen LogP contribution in [-0.2, 0) is 14.8 Å². The zero-order chi connectivity index (χ0) is 23.4. The lowest BCUT2D eigenvalue weighted by atomic mass is 9.96. The SMILES string of the molecule is C[C@@H](NC(=O)CSc1ccc(S(=O)(=O)N(C)C2CCCCC2)cn1)c1cc2ccccc2o1. The first-order valence-electron chi connectivity index (χ1n) is 11.2. The topological polar surface area (TPSA) is 92.5 Å². The number of rotatable bonds is 8. The number of fused-ring (bicyclic) bond motifs is 1. The van der Waals surface area contributed by atoms with Gasteiger partial charge in [0.15, 0.2) is 0 Å². The second-order valence-corrected chi connectivity index (χ2v) is 11.4. The van der Waals surface area contributed by atoms with Crippen LogP contribution < -0.4 is 5.32 Å². The van der Waals surface area contributed by atoms with Gasteiger partial charge in [-0.05, 0) is 44.0 Å². The summed E-state index contributed by atoms with van der Waals surface area (Å²) in [5.74, 6) is 0.721. The molecule has 1 fully saturated rings. The Balaban J connectivity index is 1.31. The van der Waals surface area contributed by atoms with Gasteiger partial charge in [0, 0.05) is 24.7 Å². The average molecular weight is 488 g/mol. The molecule has 0 saturated heterocycles. The van der Waals surface area contributed by atoms with Crippen LogP contribution in [0.5, 0.6) is 0 Å². The first-order valence-corrected chi connectivity index (χ1v) is 13.6. The smallest absolute Gasteiger partial charge is 0.244 e. The van der Waals surface area contributed by atoms with E-state index in [1.165, 1.54) is 28.7 Å². The van der Waals surface area contributed by atoms with E-state index in [-0.39, 0.29) is 28.6 Å². The Kier molecular flexibility index (Phi) is 7.41. The van der Waals surface area contributed by atoms with Gasteiger partial charge >= 0.3 is 0 Å². The molecule has 1 N–H and O–H groups in total. The number of sulfonamides is 1. The lowest BCUT2D eigenvalue weighted by Crippen LogP contribution is -2.38. The Morgan fingerprint density at radius 2 is 1.97 bits per heavy atom.